The van der Waals surface area contributed by atoms with E-state index in [0.717, 1.165) is 31.7 Å². The molecule has 1 aromatic rings. The number of hydrogen-bond donors (Lipinski definition) is 1. The number of ether oxygens (including phenoxy) is 1. The van der Waals surface area contributed by atoms with E-state index in [9.17, 15) is 0 Å². The number of nitriles is 1. The summed E-state index contributed by atoms with van der Waals surface area (Å²) in [6.07, 6.45) is 2.20. The van der Waals surface area contributed by atoms with E-state index in [4.69, 9.17) is 10.00 Å². The zero-order chi connectivity index (χ0) is 12.1. The molecule has 3 heteroatoms. The molecule has 0 amide bonds. The number of hydrogen-bond acceptors (Lipinski definition) is 3. The zero-order valence-corrected chi connectivity index (χ0v) is 10.1. The van der Waals surface area contributed by atoms with Crippen molar-refractivity contribution in [2.24, 2.45) is 5.92 Å². The monoisotopic (exact) mass is 230 g/mol. The Bertz CT molecular complexity index is 405. The van der Waals surface area contributed by atoms with E-state index in [1.54, 1.807) is 0 Å². The molecular weight excluding hydrogens is 212 g/mol. The minimum atomic E-state index is 0.383. The van der Waals surface area contributed by atoms with Crippen LogP contribution in [0.2, 0.25) is 0 Å². The molecule has 0 aromatic heterocycles. The van der Waals surface area contributed by atoms with E-state index in [2.05, 4.69) is 18.3 Å². The first kappa shape index (κ1) is 11.9. The number of nitrogens with zero attached hydrogens (tertiary/aromatic N) is 1. The topological polar surface area (TPSA) is 45.0 Å². The first-order chi connectivity index (χ1) is 8.31. The van der Waals surface area contributed by atoms with Crippen molar-refractivity contribution >= 4 is 5.69 Å². The number of para-hydroxylation sites is 1. The van der Waals surface area contributed by atoms with E-state index in [0.29, 0.717) is 17.5 Å². The van der Waals surface area contributed by atoms with Gasteiger partial charge in [-0.05, 0) is 37.8 Å². The summed E-state index contributed by atoms with van der Waals surface area (Å²) in [7, 11) is 0. The third-order valence-corrected chi connectivity index (χ3v) is 3.40. The summed E-state index contributed by atoms with van der Waals surface area (Å²) in [5.41, 5.74) is 1.65. The van der Waals surface area contributed by atoms with Crippen LogP contribution in [-0.2, 0) is 4.74 Å². The van der Waals surface area contributed by atoms with Gasteiger partial charge in [0.15, 0.2) is 0 Å². The summed E-state index contributed by atoms with van der Waals surface area (Å²) in [6, 6.07) is 10.3. The van der Waals surface area contributed by atoms with Crippen LogP contribution in [0.25, 0.3) is 0 Å². The minimum absolute atomic E-state index is 0.383. The van der Waals surface area contributed by atoms with Crippen molar-refractivity contribution in [1.82, 2.24) is 0 Å². The zero-order valence-electron chi connectivity index (χ0n) is 10.1. The molecule has 1 N–H and O–H groups in total. The highest BCUT2D eigenvalue weighted by molar-refractivity contribution is 5.57. The van der Waals surface area contributed by atoms with E-state index in [-0.39, 0.29) is 0 Å². The van der Waals surface area contributed by atoms with Crippen LogP contribution in [0.1, 0.15) is 25.3 Å². The average Bonchev–Trinajstić information content (AvgIpc) is 2.40. The normalized spacial score (nSPS) is 18.4. The lowest BCUT2D eigenvalue weighted by Gasteiger charge is -2.29. The molecule has 1 unspecified atom stereocenters. The summed E-state index contributed by atoms with van der Waals surface area (Å²) in [5.74, 6) is 0.635. The number of rotatable bonds is 3. The lowest BCUT2D eigenvalue weighted by atomic mass is 9.92. The van der Waals surface area contributed by atoms with Crippen molar-refractivity contribution in [3.05, 3.63) is 29.8 Å². The fourth-order valence-corrected chi connectivity index (χ4v) is 2.29. The van der Waals surface area contributed by atoms with Crippen molar-refractivity contribution < 1.29 is 4.74 Å². The summed E-state index contributed by atoms with van der Waals surface area (Å²) in [5, 5.41) is 12.5. The number of nitrogens with one attached hydrogen (secondary N) is 1. The van der Waals surface area contributed by atoms with E-state index in [1.165, 1.54) is 0 Å². The highest BCUT2D eigenvalue weighted by Gasteiger charge is 2.20. The predicted molar refractivity (Wildman–Crippen MR) is 67.8 cm³/mol. The molecule has 2 rings (SSSR count). The molecule has 0 aliphatic carbocycles. The maximum Gasteiger partial charge on any atom is 0.101 e. The van der Waals surface area contributed by atoms with Gasteiger partial charge in [0.2, 0.25) is 0 Å². The molecule has 0 saturated carbocycles. The van der Waals surface area contributed by atoms with Gasteiger partial charge in [0.05, 0.1) is 11.3 Å². The average molecular weight is 230 g/mol. The predicted octanol–water partition coefficient (Wildman–Crippen LogP) is 2.79. The lowest BCUT2D eigenvalue weighted by molar-refractivity contribution is 0.0622. The van der Waals surface area contributed by atoms with Gasteiger partial charge in [-0.15, -0.1) is 0 Å². The Morgan fingerprint density at radius 1 is 1.35 bits per heavy atom. The molecule has 1 fully saturated rings. The van der Waals surface area contributed by atoms with Gasteiger partial charge in [-0.3, -0.25) is 0 Å². The van der Waals surface area contributed by atoms with Crippen LogP contribution in [0, 0.1) is 17.2 Å². The molecule has 0 spiro atoms. The summed E-state index contributed by atoms with van der Waals surface area (Å²) >= 11 is 0. The molecule has 1 heterocycles. The fraction of sp³-hybridized carbons (Fsp3) is 0.500. The second-order valence-electron chi connectivity index (χ2n) is 4.54. The molecule has 0 bridgehead atoms. The quantitative estimate of drug-likeness (QED) is 0.868. The van der Waals surface area contributed by atoms with Gasteiger partial charge in [-0.1, -0.05) is 12.1 Å². The molecule has 3 nitrogen and oxygen atoms in total. The second-order valence-corrected chi connectivity index (χ2v) is 4.54. The van der Waals surface area contributed by atoms with Crippen LogP contribution < -0.4 is 5.32 Å². The Morgan fingerprint density at radius 3 is 2.76 bits per heavy atom. The highest BCUT2D eigenvalue weighted by Crippen LogP contribution is 2.23. The van der Waals surface area contributed by atoms with E-state index >= 15 is 0 Å². The Morgan fingerprint density at radius 2 is 2.06 bits per heavy atom. The molecule has 1 aromatic carbocycles. The Kier molecular flexibility index (Phi) is 4.00. The molecule has 1 saturated heterocycles. The summed E-state index contributed by atoms with van der Waals surface area (Å²) in [6.45, 7) is 3.90. The largest absolute Gasteiger partial charge is 0.381 e. The molecule has 0 radical (unpaired) electrons. The van der Waals surface area contributed by atoms with E-state index < -0.39 is 0 Å². The van der Waals surface area contributed by atoms with Crippen LogP contribution in [0.5, 0.6) is 0 Å². The molecule has 90 valence electrons. The molecule has 1 aliphatic rings. The lowest BCUT2D eigenvalue weighted by Crippen LogP contribution is -2.31. The maximum absolute atomic E-state index is 9.03. The summed E-state index contributed by atoms with van der Waals surface area (Å²) < 4.78 is 5.36. The Balaban J connectivity index is 2.02. The van der Waals surface area contributed by atoms with Gasteiger partial charge in [0, 0.05) is 19.3 Å². The van der Waals surface area contributed by atoms with Crippen LogP contribution in [0.3, 0.4) is 0 Å². The molecular formula is C14H18N2O. The van der Waals surface area contributed by atoms with E-state index in [1.807, 2.05) is 24.3 Å². The standard InChI is InChI=1S/C14H18N2O/c1-11(12-6-8-17-9-7-12)16-14-5-3-2-4-13(14)10-15/h2-5,11-12,16H,6-9H2,1H3. The van der Waals surface area contributed by atoms with Gasteiger partial charge in [0.1, 0.15) is 6.07 Å². The third-order valence-electron chi connectivity index (χ3n) is 3.40. The minimum Gasteiger partial charge on any atom is -0.381 e. The van der Waals surface area contributed by atoms with Gasteiger partial charge >= 0.3 is 0 Å². The first-order valence-electron chi connectivity index (χ1n) is 6.14. The van der Waals surface area contributed by atoms with Gasteiger partial charge < -0.3 is 10.1 Å². The molecule has 17 heavy (non-hydrogen) atoms. The van der Waals surface area contributed by atoms with Crippen LogP contribution in [0.4, 0.5) is 5.69 Å². The van der Waals surface area contributed by atoms with Crippen molar-refractivity contribution in [2.75, 3.05) is 18.5 Å². The van der Waals surface area contributed by atoms with Crippen molar-refractivity contribution in [3.8, 4) is 6.07 Å². The number of anilines is 1. The van der Waals surface area contributed by atoms with Crippen molar-refractivity contribution in [3.63, 3.8) is 0 Å². The second kappa shape index (κ2) is 5.70. The summed E-state index contributed by atoms with van der Waals surface area (Å²) in [4.78, 5) is 0. The van der Waals surface area contributed by atoms with Crippen LogP contribution in [0.15, 0.2) is 24.3 Å². The van der Waals surface area contributed by atoms with Gasteiger partial charge in [-0.2, -0.15) is 5.26 Å². The third kappa shape index (κ3) is 2.98. The molecule has 1 atom stereocenters. The SMILES string of the molecule is CC(Nc1ccccc1C#N)C1CCOCC1. The number of benzene rings is 1. The fourth-order valence-electron chi connectivity index (χ4n) is 2.29. The van der Waals surface area contributed by atoms with Crippen molar-refractivity contribution in [1.29, 1.82) is 5.26 Å². The van der Waals surface area contributed by atoms with Gasteiger partial charge in [0.25, 0.3) is 0 Å². The van der Waals surface area contributed by atoms with Gasteiger partial charge in [-0.25, -0.2) is 0 Å². The highest BCUT2D eigenvalue weighted by atomic mass is 16.5. The maximum atomic E-state index is 9.03. The van der Waals surface area contributed by atoms with Crippen molar-refractivity contribution in [2.45, 2.75) is 25.8 Å². The Hall–Kier alpha value is -1.53. The molecule has 1 aliphatic heterocycles. The first-order valence-corrected chi connectivity index (χ1v) is 6.14. The van der Waals surface area contributed by atoms with Crippen LogP contribution >= 0.6 is 0 Å². The van der Waals surface area contributed by atoms with Crippen LogP contribution in [-0.4, -0.2) is 19.3 Å². The smallest absolute Gasteiger partial charge is 0.101 e. The Labute approximate surface area is 102 Å².